The van der Waals surface area contributed by atoms with Crippen molar-refractivity contribution in [1.82, 2.24) is 0 Å². The number of epoxide rings is 2. The third-order valence-electron chi connectivity index (χ3n) is 5.44. The molecule has 0 saturated carbocycles. The first-order chi connectivity index (χ1) is 10.4. The number of hydrogen-bond acceptors (Lipinski definition) is 2. The quantitative estimate of drug-likeness (QED) is 0.539. The molecule has 2 aliphatic heterocycles. The van der Waals surface area contributed by atoms with E-state index >= 15 is 0 Å². The van der Waals surface area contributed by atoms with Gasteiger partial charge in [0.25, 0.3) is 0 Å². The SMILES string of the molecule is C[Si](C)(CCC1CO1)c1ccc([Si](C)(C)CCC2CO2)cc1. The average molecular weight is 335 g/mol. The van der Waals surface area contributed by atoms with Crippen LogP contribution in [0.4, 0.5) is 0 Å². The summed E-state index contributed by atoms with van der Waals surface area (Å²) in [6, 6.07) is 12.4. The van der Waals surface area contributed by atoms with Crippen molar-refractivity contribution < 1.29 is 9.47 Å². The van der Waals surface area contributed by atoms with E-state index in [-0.39, 0.29) is 0 Å². The van der Waals surface area contributed by atoms with Gasteiger partial charge in [0, 0.05) is 0 Å². The molecule has 0 aromatic heterocycles. The molecule has 2 atom stereocenters. The molecule has 4 heteroatoms. The van der Waals surface area contributed by atoms with Gasteiger partial charge < -0.3 is 9.47 Å². The maximum absolute atomic E-state index is 5.37. The molecule has 2 saturated heterocycles. The summed E-state index contributed by atoms with van der Waals surface area (Å²) in [5, 5.41) is 3.21. The summed E-state index contributed by atoms with van der Waals surface area (Å²) < 4.78 is 10.7. The molecular formula is C18H30O2Si2. The summed E-state index contributed by atoms with van der Waals surface area (Å²) in [6.07, 6.45) is 3.65. The predicted molar refractivity (Wildman–Crippen MR) is 99.0 cm³/mol. The van der Waals surface area contributed by atoms with Gasteiger partial charge in [-0.3, -0.25) is 0 Å². The fraction of sp³-hybridized carbons (Fsp3) is 0.667. The Balaban J connectivity index is 1.62. The fourth-order valence-corrected chi connectivity index (χ4v) is 7.98. The van der Waals surface area contributed by atoms with Crippen molar-refractivity contribution in [2.75, 3.05) is 13.2 Å². The Morgan fingerprint density at radius 3 is 1.36 bits per heavy atom. The van der Waals surface area contributed by atoms with Gasteiger partial charge in [0.2, 0.25) is 0 Å². The minimum Gasteiger partial charge on any atom is -0.373 e. The van der Waals surface area contributed by atoms with Gasteiger partial charge in [0.1, 0.15) is 0 Å². The smallest absolute Gasteiger partial charge is 0.0807 e. The highest BCUT2D eigenvalue weighted by Gasteiger charge is 2.31. The third kappa shape index (κ3) is 4.31. The van der Waals surface area contributed by atoms with Crippen LogP contribution < -0.4 is 10.4 Å². The van der Waals surface area contributed by atoms with Crippen LogP contribution in [-0.4, -0.2) is 41.6 Å². The molecule has 0 N–H and O–H groups in total. The highest BCUT2D eigenvalue weighted by molar-refractivity contribution is 6.91. The van der Waals surface area contributed by atoms with Gasteiger partial charge in [0.15, 0.2) is 0 Å². The maximum atomic E-state index is 5.37. The standard InChI is InChI=1S/C18H30O2Si2/c1-21(2,11-9-15-13-19-15)17-5-7-18(8-6-17)22(3,4)12-10-16-14-20-16/h5-8,15-16H,9-14H2,1-4H3. The van der Waals surface area contributed by atoms with Gasteiger partial charge in [0.05, 0.1) is 41.6 Å². The molecule has 0 radical (unpaired) electrons. The van der Waals surface area contributed by atoms with Crippen LogP contribution in [0.25, 0.3) is 0 Å². The van der Waals surface area contributed by atoms with Crippen molar-refractivity contribution in [3.05, 3.63) is 24.3 Å². The molecule has 2 heterocycles. The van der Waals surface area contributed by atoms with E-state index in [1.807, 2.05) is 0 Å². The van der Waals surface area contributed by atoms with Crippen molar-refractivity contribution in [1.29, 1.82) is 0 Å². The third-order valence-corrected chi connectivity index (χ3v) is 12.3. The van der Waals surface area contributed by atoms with Crippen LogP contribution in [0, 0.1) is 0 Å². The van der Waals surface area contributed by atoms with Gasteiger partial charge in [-0.2, -0.15) is 0 Å². The van der Waals surface area contributed by atoms with Crippen LogP contribution in [0.2, 0.25) is 38.3 Å². The van der Waals surface area contributed by atoms with Gasteiger partial charge in [-0.1, -0.05) is 72.9 Å². The summed E-state index contributed by atoms with van der Waals surface area (Å²) in [6.45, 7) is 12.0. The molecule has 2 nitrogen and oxygen atoms in total. The number of benzene rings is 1. The van der Waals surface area contributed by atoms with Crippen molar-refractivity contribution >= 4 is 26.5 Å². The molecule has 2 fully saturated rings. The van der Waals surface area contributed by atoms with Gasteiger partial charge >= 0.3 is 0 Å². The van der Waals surface area contributed by atoms with Crippen LogP contribution in [-0.2, 0) is 9.47 Å². The Hall–Kier alpha value is -0.426. The molecule has 0 amide bonds. The fourth-order valence-electron chi connectivity index (χ4n) is 3.17. The highest BCUT2D eigenvalue weighted by Crippen LogP contribution is 2.23. The molecular weight excluding hydrogens is 304 g/mol. The van der Waals surface area contributed by atoms with E-state index < -0.39 is 16.1 Å². The highest BCUT2D eigenvalue weighted by atomic mass is 28.3. The Labute approximate surface area is 137 Å². The Kier molecular flexibility index (Phi) is 4.65. The van der Waals surface area contributed by atoms with Crippen molar-refractivity contribution in [2.45, 2.75) is 63.3 Å². The molecule has 22 heavy (non-hydrogen) atoms. The maximum Gasteiger partial charge on any atom is 0.0807 e. The van der Waals surface area contributed by atoms with Crippen molar-refractivity contribution in [3.8, 4) is 0 Å². The second-order valence-corrected chi connectivity index (χ2v) is 18.0. The molecule has 1 aromatic rings. The first-order valence-electron chi connectivity index (χ1n) is 8.71. The zero-order chi connectivity index (χ0) is 15.8. The number of ether oxygens (including phenoxy) is 2. The molecule has 3 rings (SSSR count). The van der Waals surface area contributed by atoms with E-state index in [0.717, 1.165) is 13.2 Å². The van der Waals surface area contributed by atoms with E-state index in [4.69, 9.17) is 9.47 Å². The molecule has 0 bridgehead atoms. The number of rotatable bonds is 8. The lowest BCUT2D eigenvalue weighted by molar-refractivity contribution is 0.402. The van der Waals surface area contributed by atoms with E-state index in [9.17, 15) is 0 Å². The van der Waals surface area contributed by atoms with Crippen LogP contribution >= 0.6 is 0 Å². The van der Waals surface area contributed by atoms with Gasteiger partial charge in [-0.25, -0.2) is 0 Å². The molecule has 2 aliphatic rings. The molecule has 0 aliphatic carbocycles. The summed E-state index contributed by atoms with van der Waals surface area (Å²) in [5.41, 5.74) is 0. The molecule has 1 aromatic carbocycles. The van der Waals surface area contributed by atoms with E-state index in [1.165, 1.54) is 24.9 Å². The largest absolute Gasteiger partial charge is 0.373 e. The zero-order valence-corrected chi connectivity index (χ0v) is 16.5. The average Bonchev–Trinajstić information content (AvgIpc) is 3.38. The van der Waals surface area contributed by atoms with E-state index in [1.54, 1.807) is 10.4 Å². The lowest BCUT2D eigenvalue weighted by atomic mass is 10.4. The topological polar surface area (TPSA) is 25.1 Å². The normalized spacial score (nSPS) is 24.4. The Morgan fingerprint density at radius 2 is 1.09 bits per heavy atom. The molecule has 2 unspecified atom stereocenters. The van der Waals surface area contributed by atoms with Gasteiger partial charge in [-0.15, -0.1) is 0 Å². The van der Waals surface area contributed by atoms with E-state index in [0.29, 0.717) is 12.2 Å². The minimum atomic E-state index is -1.30. The lowest BCUT2D eigenvalue weighted by Crippen LogP contribution is -2.45. The molecule has 0 spiro atoms. The summed E-state index contributed by atoms with van der Waals surface area (Å²) in [7, 11) is -2.59. The number of hydrogen-bond donors (Lipinski definition) is 0. The zero-order valence-electron chi connectivity index (χ0n) is 14.5. The van der Waals surface area contributed by atoms with Crippen LogP contribution in [0.3, 0.4) is 0 Å². The summed E-state index contributed by atoms with van der Waals surface area (Å²) in [5.74, 6) is 0. The van der Waals surface area contributed by atoms with Crippen molar-refractivity contribution in [2.24, 2.45) is 0 Å². The van der Waals surface area contributed by atoms with Crippen molar-refractivity contribution in [3.63, 3.8) is 0 Å². The van der Waals surface area contributed by atoms with Crippen LogP contribution in [0.1, 0.15) is 12.8 Å². The first-order valence-corrected chi connectivity index (χ1v) is 15.1. The minimum absolute atomic E-state index is 0.571. The van der Waals surface area contributed by atoms with E-state index in [2.05, 4.69) is 50.5 Å². The van der Waals surface area contributed by atoms with Crippen LogP contribution in [0.15, 0.2) is 24.3 Å². The second kappa shape index (κ2) is 6.23. The Morgan fingerprint density at radius 1 is 0.773 bits per heavy atom. The first kappa shape index (κ1) is 16.4. The molecule has 122 valence electrons. The lowest BCUT2D eigenvalue weighted by Gasteiger charge is -2.26. The predicted octanol–water partition coefficient (Wildman–Crippen LogP) is 3.10. The van der Waals surface area contributed by atoms with Crippen LogP contribution in [0.5, 0.6) is 0 Å². The Bertz CT molecular complexity index is 455. The monoisotopic (exact) mass is 334 g/mol. The van der Waals surface area contributed by atoms with Gasteiger partial charge in [-0.05, 0) is 12.8 Å². The summed E-state index contributed by atoms with van der Waals surface area (Å²) in [4.78, 5) is 0. The second-order valence-electron chi connectivity index (χ2n) is 8.33. The summed E-state index contributed by atoms with van der Waals surface area (Å²) >= 11 is 0.